The van der Waals surface area contributed by atoms with Gasteiger partial charge in [-0.3, -0.25) is 0 Å². The molecule has 150 heavy (non-hydrogen) atoms. The van der Waals surface area contributed by atoms with Crippen LogP contribution >= 0.6 is 0 Å². The van der Waals surface area contributed by atoms with Crippen molar-refractivity contribution in [3.05, 3.63) is 303 Å². The summed E-state index contributed by atoms with van der Waals surface area (Å²) in [5.41, 5.74) is -1.74. The predicted molar refractivity (Wildman–Crippen MR) is 558 cm³/mol. The number of carbonyl (C=O) groups is 3. The van der Waals surface area contributed by atoms with Crippen LogP contribution in [-0.4, -0.2) is 182 Å². The lowest BCUT2D eigenvalue weighted by Gasteiger charge is -2.16. The van der Waals surface area contributed by atoms with Crippen molar-refractivity contribution in [2.24, 2.45) is 35.5 Å². The summed E-state index contributed by atoms with van der Waals surface area (Å²) >= 11 is 0. The average Bonchev–Trinajstić information content (AvgIpc) is 1.54. The van der Waals surface area contributed by atoms with Gasteiger partial charge in [0.15, 0.2) is 0 Å². The predicted octanol–water partition coefficient (Wildman–Crippen LogP) is 7.32. The second-order valence-corrected chi connectivity index (χ2v) is 41.5. The molecule has 10 aromatic heterocycles. The molecule has 0 amide bonds. The molecule has 13 aromatic rings. The lowest BCUT2D eigenvalue weighted by atomic mass is 10.0. The summed E-state index contributed by atoms with van der Waals surface area (Å²) in [5.74, 6) is 0.773. The normalized spacial score (nSPS) is 11.7. The van der Waals surface area contributed by atoms with Gasteiger partial charge in [-0.1, -0.05) is 192 Å². The second-order valence-electron chi connectivity index (χ2n) is 41.5. The van der Waals surface area contributed by atoms with E-state index in [9.17, 15) is 71.9 Å². The lowest BCUT2D eigenvalue weighted by molar-refractivity contribution is 0.0485. The van der Waals surface area contributed by atoms with Gasteiger partial charge in [0.2, 0.25) is 0 Å². The van der Waals surface area contributed by atoms with E-state index in [1.807, 2.05) is 101 Å². The number of nitrogens with zero attached hydrogens (tertiary/aromatic N) is 30. The molecular formula is C102H144N30O18. The highest BCUT2D eigenvalue weighted by molar-refractivity contribution is 5.90. The van der Waals surface area contributed by atoms with Gasteiger partial charge < -0.3 is 14.2 Å². The minimum absolute atomic E-state index is 0.0562. The van der Waals surface area contributed by atoms with E-state index in [-0.39, 0.29) is 115 Å². The number of hydrogen-bond donors (Lipinski definition) is 0. The topological polar surface area (TPSA) is 527 Å². The molecule has 48 nitrogen and oxygen atoms in total. The third-order valence-electron chi connectivity index (χ3n) is 23.9. The molecule has 0 fully saturated rings. The summed E-state index contributed by atoms with van der Waals surface area (Å²) in [6.07, 6.45) is 14.5. The molecule has 0 aliphatic carbocycles. The van der Waals surface area contributed by atoms with E-state index in [0.29, 0.717) is 106 Å². The fourth-order valence-electron chi connectivity index (χ4n) is 15.4. The first-order valence-electron chi connectivity index (χ1n) is 51.0. The molecule has 0 bridgehead atoms. The average molecular weight is 2080 g/mol. The SMILES string of the molecule is CC(C)CCn1c(=O)n(CCC(C)C)c(=O)n(CCC(C)C)c1=O.CC(C)Cc1cccc(C(=O)OCCn2c(=O)n(CCOC(=O)c3cccc(CC(C)C)c3)c(=O)n(CCOC(=O)c3cccc(CC(C)C)c3)c2=O)c1.CC(C)c1cn(Cn2c(=O)n(Cn3cc(C(C)C)nn3)c(=O)n(Cn3cc(C(C)C)nn3)c2=O)nn1.CC(C)n1cc(Cn2c(=O)n(Cc3cn(C(C)C)nn3)c(=O)n(Cc3cn(C(C)C)nn3)c2=O)nn1. The summed E-state index contributed by atoms with van der Waals surface area (Å²) in [6.45, 7) is 46.0. The standard InChI is InChI=1S/C42H51N3O9.2C21H30N12O3.C18H33N3O3/c1-28(2)22-31-10-7-13-34(25-31)37(46)52-19-16-43-40(49)44(17-20-53-38(47)35-14-8-11-32(26-35)23-29(3)4)42(51)45(41(43)50)18-21-54-39(48)36-15-9-12-33(27-36)24-30(5)6;1-13(2)16-7-28(25-22-16)10-31-19(34)32(11-29-8-17(14(3)4)23-26-29)21(36)33(20(31)35)12-30-9-18(15(5)6)24-27-30;1-13(2)31-10-16(22-25-31)7-28-19(34)29(8-17-11-32(14(3)4)26-23-17)21(36)30(20(28)35)9-18-12-33(15(5)6)27-24-18;1-13(2)7-10-19-16(22)20(11-8-14(3)4)18(24)21(17(19)23)12-9-15(5)6/h7-15,25-30H,16-24H2,1-6H3;7-9,13-15H,10-12H2,1-6H3;10-15H,7-9H2,1-6H3;13-15H,7-12H2,1-6H3. The van der Waals surface area contributed by atoms with Crippen molar-refractivity contribution in [1.29, 1.82) is 0 Å². The summed E-state index contributed by atoms with van der Waals surface area (Å²) in [6, 6.07) is 21.3. The maximum atomic E-state index is 13.6. The van der Waals surface area contributed by atoms with Crippen LogP contribution in [0.4, 0.5) is 0 Å². The molecular weight excluding hydrogens is 1930 g/mol. The zero-order valence-electron chi connectivity index (χ0n) is 90.4. The maximum absolute atomic E-state index is 13.6. The highest BCUT2D eigenvalue weighted by Gasteiger charge is 2.27. The van der Waals surface area contributed by atoms with E-state index in [2.05, 4.69) is 145 Å². The Labute approximate surface area is 865 Å². The first kappa shape index (κ1) is 116. The van der Waals surface area contributed by atoms with Gasteiger partial charge in [0.1, 0.15) is 56.9 Å². The Morgan fingerprint density at radius 1 is 0.253 bits per heavy atom. The van der Waals surface area contributed by atoms with Crippen LogP contribution in [0.25, 0.3) is 0 Å². The first-order chi connectivity index (χ1) is 71.0. The molecule has 0 aliphatic rings. The number of hydrogen-bond acceptors (Lipinski definition) is 30. The maximum Gasteiger partial charge on any atom is 0.339 e. The van der Waals surface area contributed by atoms with Crippen LogP contribution in [0.5, 0.6) is 0 Å². The zero-order valence-corrected chi connectivity index (χ0v) is 90.4. The summed E-state index contributed by atoms with van der Waals surface area (Å²) < 4.78 is 37.1. The summed E-state index contributed by atoms with van der Waals surface area (Å²) in [5, 5.41) is 48.7. The summed E-state index contributed by atoms with van der Waals surface area (Å²) in [4.78, 5) is 197. The zero-order chi connectivity index (χ0) is 110. The first-order valence-corrected chi connectivity index (χ1v) is 51.0. The van der Waals surface area contributed by atoms with Crippen LogP contribution in [-0.2, 0) is 112 Å². The number of ether oxygens (including phenoxy) is 3. The van der Waals surface area contributed by atoms with Crippen molar-refractivity contribution in [3.63, 3.8) is 0 Å². The Hall–Kier alpha value is -15.4. The van der Waals surface area contributed by atoms with Crippen molar-refractivity contribution in [3.8, 4) is 0 Å². The third kappa shape index (κ3) is 31.6. The number of rotatable bonds is 45. The smallest absolute Gasteiger partial charge is 0.339 e. The second kappa shape index (κ2) is 53.4. The lowest BCUT2D eigenvalue weighted by Crippen LogP contribution is -2.56. The van der Waals surface area contributed by atoms with Gasteiger partial charge in [0.05, 0.1) is 110 Å². The van der Waals surface area contributed by atoms with Crippen LogP contribution in [0.3, 0.4) is 0 Å². The quantitative estimate of drug-likeness (QED) is 0.0266. The fraction of sp³-hybridized carbons (Fsp3) is 0.559. The molecule has 13 rings (SSSR count). The Balaban J connectivity index is 0.000000212. The molecule has 0 saturated heterocycles. The van der Waals surface area contributed by atoms with Gasteiger partial charge in [-0.2, -0.15) is 0 Å². The van der Waals surface area contributed by atoms with E-state index < -0.39 is 86.2 Å². The van der Waals surface area contributed by atoms with E-state index in [0.717, 1.165) is 96.3 Å². The molecule has 0 aliphatic heterocycles. The highest BCUT2D eigenvalue weighted by Crippen LogP contribution is 2.19. The monoisotopic (exact) mass is 2080 g/mol. The number of carbonyl (C=O) groups excluding carboxylic acids is 3. The Kier molecular flexibility index (Phi) is 41.5. The number of benzene rings is 3. The Morgan fingerprint density at radius 3 is 0.673 bits per heavy atom. The molecule has 3 aromatic carbocycles. The summed E-state index contributed by atoms with van der Waals surface area (Å²) in [7, 11) is 0. The molecule has 10 heterocycles. The van der Waals surface area contributed by atoms with Crippen molar-refractivity contribution < 1.29 is 28.6 Å². The van der Waals surface area contributed by atoms with Crippen molar-refractivity contribution in [1.82, 2.24) is 145 Å². The molecule has 810 valence electrons. The van der Waals surface area contributed by atoms with Gasteiger partial charge >= 0.3 is 86.2 Å². The van der Waals surface area contributed by atoms with Gasteiger partial charge in [0.25, 0.3) is 0 Å². The molecule has 48 heteroatoms. The van der Waals surface area contributed by atoms with Crippen molar-refractivity contribution in [2.45, 2.75) is 319 Å². The Morgan fingerprint density at radius 2 is 0.473 bits per heavy atom. The molecule has 0 unspecified atom stereocenters. The largest absolute Gasteiger partial charge is 0.460 e. The van der Waals surface area contributed by atoms with Gasteiger partial charge in [-0.15, -0.1) is 30.6 Å². The fourth-order valence-corrected chi connectivity index (χ4v) is 15.4. The third-order valence-corrected chi connectivity index (χ3v) is 23.9. The molecule has 0 radical (unpaired) electrons. The van der Waals surface area contributed by atoms with Crippen LogP contribution in [0.15, 0.2) is 168 Å². The van der Waals surface area contributed by atoms with Crippen molar-refractivity contribution >= 4 is 17.9 Å². The van der Waals surface area contributed by atoms with Crippen LogP contribution < -0.4 is 68.3 Å². The van der Waals surface area contributed by atoms with Gasteiger partial charge in [-0.25, -0.2) is 155 Å². The van der Waals surface area contributed by atoms with Gasteiger partial charge in [-0.05, 0) is 186 Å². The van der Waals surface area contributed by atoms with Crippen LogP contribution in [0.1, 0.15) is 303 Å². The number of aromatic nitrogens is 30. The van der Waals surface area contributed by atoms with Crippen LogP contribution in [0, 0.1) is 35.5 Å². The molecule has 0 N–H and O–H groups in total. The van der Waals surface area contributed by atoms with Gasteiger partial charge in [0, 0.05) is 37.8 Å². The van der Waals surface area contributed by atoms with E-state index in [4.69, 9.17) is 14.2 Å². The van der Waals surface area contributed by atoms with Crippen molar-refractivity contribution in [2.75, 3.05) is 19.8 Å². The molecule has 0 saturated carbocycles. The van der Waals surface area contributed by atoms with E-state index in [1.165, 1.54) is 27.7 Å². The van der Waals surface area contributed by atoms with E-state index in [1.54, 1.807) is 106 Å². The molecule has 0 spiro atoms. The highest BCUT2D eigenvalue weighted by atomic mass is 16.5. The number of esters is 3. The minimum atomic E-state index is -0.967. The van der Waals surface area contributed by atoms with E-state index >= 15 is 0 Å². The Bertz CT molecular complexity index is 6530. The minimum Gasteiger partial charge on any atom is -0.460 e. The molecule has 0 atom stereocenters. The van der Waals surface area contributed by atoms with Crippen LogP contribution in [0.2, 0.25) is 0 Å².